The van der Waals surface area contributed by atoms with E-state index in [4.69, 9.17) is 0 Å². The number of nitrogens with one attached hydrogen (secondary N) is 1. The highest BCUT2D eigenvalue weighted by Crippen LogP contribution is 2.29. The topological polar surface area (TPSA) is 133 Å². The Morgan fingerprint density at radius 1 is 0.725 bits per heavy atom. The second-order valence-corrected chi connectivity index (χ2v) is 16.0. The Morgan fingerprint density at radius 2 is 1.31 bits per heavy atom. The van der Waals surface area contributed by atoms with Gasteiger partial charge in [0.25, 0.3) is 10.0 Å². The van der Waals surface area contributed by atoms with Crippen molar-refractivity contribution in [2.45, 2.75) is 22.3 Å². The number of nitrogens with zero attached hydrogens (tertiary/aromatic N) is 5. The van der Waals surface area contributed by atoms with Crippen molar-refractivity contribution in [1.29, 1.82) is 0 Å². The van der Waals surface area contributed by atoms with Gasteiger partial charge in [0.2, 0.25) is 15.9 Å². The molecule has 6 aromatic rings. The predicted molar refractivity (Wildman–Crippen MR) is 198 cm³/mol. The molecule has 51 heavy (non-hydrogen) atoms. The molecular formula is C38H36N6O5S2. The van der Waals surface area contributed by atoms with Crippen LogP contribution in [0.1, 0.15) is 5.56 Å². The first-order valence-electron chi connectivity index (χ1n) is 16.5. The number of sulfonamides is 2. The van der Waals surface area contributed by atoms with Crippen molar-refractivity contribution in [1.82, 2.24) is 19.2 Å². The summed E-state index contributed by atoms with van der Waals surface area (Å²) in [5, 5.41) is 2.44. The Balaban J connectivity index is 1.16. The molecule has 4 aromatic carbocycles. The third kappa shape index (κ3) is 7.00. The first kappa shape index (κ1) is 34.1. The minimum atomic E-state index is -4.15. The van der Waals surface area contributed by atoms with Crippen LogP contribution in [0.15, 0.2) is 138 Å². The van der Waals surface area contributed by atoms with Crippen LogP contribution >= 0.6 is 0 Å². The molecule has 1 aliphatic heterocycles. The van der Waals surface area contributed by atoms with Crippen LogP contribution in [0.2, 0.25) is 0 Å². The van der Waals surface area contributed by atoms with Crippen LogP contribution in [0.25, 0.3) is 21.5 Å². The number of piperazine rings is 1. The molecule has 11 nitrogen and oxygen atoms in total. The molecule has 2 aromatic heterocycles. The Hall–Kier alpha value is -5.37. The van der Waals surface area contributed by atoms with Gasteiger partial charge in [-0.05, 0) is 60.5 Å². The van der Waals surface area contributed by atoms with E-state index in [1.165, 1.54) is 17.4 Å². The normalized spacial score (nSPS) is 14.5. The van der Waals surface area contributed by atoms with Gasteiger partial charge in [-0.3, -0.25) is 19.5 Å². The Kier molecular flexibility index (Phi) is 9.42. The number of amides is 1. The molecule has 0 bridgehead atoms. The lowest BCUT2D eigenvalue weighted by Crippen LogP contribution is -2.56. The van der Waals surface area contributed by atoms with Gasteiger partial charge in [-0.1, -0.05) is 54.6 Å². The number of hydrogen-bond acceptors (Lipinski definition) is 8. The maximum Gasteiger partial charge on any atom is 0.262 e. The second kappa shape index (κ2) is 14.1. The van der Waals surface area contributed by atoms with E-state index < -0.39 is 26.1 Å². The molecule has 1 aliphatic rings. The largest absolute Gasteiger partial charge is 0.368 e. The van der Waals surface area contributed by atoms with Crippen LogP contribution < -0.4 is 9.62 Å². The van der Waals surface area contributed by atoms with Crippen LogP contribution in [-0.2, 0) is 31.3 Å². The first-order valence-corrected chi connectivity index (χ1v) is 19.4. The summed E-state index contributed by atoms with van der Waals surface area (Å²) in [5.41, 5.74) is 2.06. The predicted octanol–water partition coefficient (Wildman–Crippen LogP) is 5.16. The molecule has 1 fully saturated rings. The SMILES string of the molecule is CN(C(Cc1ccc(NS(=O)(=O)c2cccc3cnccc23)cc1)C(=O)N1CCN(c2ccccc2)CC1)S(=O)(=O)c1cccc2cnccc12. The van der Waals surface area contributed by atoms with Gasteiger partial charge in [0.05, 0.1) is 9.79 Å². The van der Waals surface area contributed by atoms with Crippen LogP contribution in [0.5, 0.6) is 0 Å². The van der Waals surface area contributed by atoms with Gasteiger partial charge in [-0.15, -0.1) is 0 Å². The highest BCUT2D eigenvalue weighted by Gasteiger charge is 2.37. The third-order valence-electron chi connectivity index (χ3n) is 9.30. The summed E-state index contributed by atoms with van der Waals surface area (Å²) in [4.78, 5) is 26.7. The lowest BCUT2D eigenvalue weighted by molar-refractivity contribution is -0.135. The Labute approximate surface area is 297 Å². The van der Waals surface area contributed by atoms with E-state index in [1.54, 1.807) is 96.4 Å². The van der Waals surface area contributed by atoms with Crippen LogP contribution in [0, 0.1) is 0 Å². The van der Waals surface area contributed by atoms with E-state index in [9.17, 15) is 21.6 Å². The van der Waals surface area contributed by atoms with Crippen molar-refractivity contribution in [3.05, 3.63) is 133 Å². The Bertz CT molecular complexity index is 2410. The molecule has 3 heterocycles. The minimum absolute atomic E-state index is 0.0726. The molecule has 0 spiro atoms. The monoisotopic (exact) mass is 720 g/mol. The van der Waals surface area contributed by atoms with Crippen LogP contribution in [0.4, 0.5) is 11.4 Å². The Morgan fingerprint density at radius 3 is 1.94 bits per heavy atom. The average Bonchev–Trinajstić information content (AvgIpc) is 3.17. The van der Waals surface area contributed by atoms with E-state index in [0.29, 0.717) is 59.0 Å². The summed E-state index contributed by atoms with van der Waals surface area (Å²) >= 11 is 0. The van der Waals surface area contributed by atoms with Gasteiger partial charge >= 0.3 is 0 Å². The molecule has 0 aliphatic carbocycles. The standard InChI is InChI=1S/C38H36N6O5S2/c1-42(51(48,49)37-12-6-8-30-27-40-20-18-34(30)37)35(38(45)44-23-21-43(22-24-44)32-9-3-2-4-10-32)25-28-13-15-31(16-14-28)41-50(46,47)36-11-5-7-29-26-39-19-17-33(29)36/h2-20,26-27,35,41H,21-25H2,1H3. The molecule has 13 heteroatoms. The number of para-hydroxylation sites is 1. The van der Waals surface area contributed by atoms with E-state index >= 15 is 0 Å². The maximum atomic E-state index is 14.3. The van der Waals surface area contributed by atoms with Crippen molar-refractivity contribution in [2.24, 2.45) is 0 Å². The summed E-state index contributed by atoms with van der Waals surface area (Å²) in [6.07, 6.45) is 6.38. The van der Waals surface area contributed by atoms with Crippen molar-refractivity contribution in [2.75, 3.05) is 42.8 Å². The molecule has 1 unspecified atom stereocenters. The number of fused-ring (bicyclic) bond motifs is 2. The number of hydrogen-bond donors (Lipinski definition) is 1. The lowest BCUT2D eigenvalue weighted by atomic mass is 10.0. The summed E-state index contributed by atoms with van der Waals surface area (Å²) in [5.74, 6) is -0.300. The number of carbonyl (C=O) groups is 1. The van der Waals surface area contributed by atoms with Crippen LogP contribution in [0.3, 0.4) is 0 Å². The van der Waals surface area contributed by atoms with Gasteiger partial charge in [-0.2, -0.15) is 4.31 Å². The molecule has 7 rings (SSSR count). The van der Waals surface area contributed by atoms with Gasteiger partial charge in [0, 0.05) is 90.9 Å². The maximum absolute atomic E-state index is 14.3. The summed E-state index contributed by atoms with van der Waals surface area (Å²) in [6, 6.07) is 28.9. The quantitative estimate of drug-likeness (QED) is 0.205. The van der Waals surface area contributed by atoms with Crippen LogP contribution in [-0.4, -0.2) is 81.2 Å². The lowest BCUT2D eigenvalue weighted by Gasteiger charge is -2.39. The average molecular weight is 721 g/mol. The van der Waals surface area contributed by atoms with E-state index in [1.807, 2.05) is 30.3 Å². The number of rotatable bonds is 10. The van der Waals surface area contributed by atoms with E-state index in [2.05, 4.69) is 19.6 Å². The van der Waals surface area contributed by atoms with Gasteiger partial charge in [0.1, 0.15) is 6.04 Å². The summed E-state index contributed by atoms with van der Waals surface area (Å²) in [6.45, 7) is 2.08. The third-order valence-corrected chi connectivity index (χ3v) is 12.7. The zero-order valence-electron chi connectivity index (χ0n) is 27.8. The van der Waals surface area contributed by atoms with E-state index in [0.717, 1.165) is 5.69 Å². The number of likely N-dealkylation sites (N-methyl/N-ethyl adjacent to an activating group) is 1. The number of aromatic nitrogens is 2. The van der Waals surface area contributed by atoms with Gasteiger partial charge in [0.15, 0.2) is 0 Å². The fraction of sp³-hybridized carbons (Fsp3) is 0.184. The zero-order chi connectivity index (χ0) is 35.6. The highest BCUT2D eigenvalue weighted by molar-refractivity contribution is 7.93. The molecule has 0 saturated carbocycles. The molecule has 1 saturated heterocycles. The number of pyridine rings is 2. The van der Waals surface area contributed by atoms with Crippen molar-refractivity contribution in [3.8, 4) is 0 Å². The fourth-order valence-electron chi connectivity index (χ4n) is 6.52. The molecule has 1 atom stereocenters. The van der Waals surface area contributed by atoms with Crippen molar-refractivity contribution >= 4 is 58.9 Å². The number of benzene rings is 4. The summed E-state index contributed by atoms with van der Waals surface area (Å²) < 4.78 is 59.2. The van der Waals surface area contributed by atoms with Gasteiger partial charge < -0.3 is 9.80 Å². The van der Waals surface area contributed by atoms with E-state index in [-0.39, 0.29) is 22.1 Å². The molecule has 1 N–H and O–H groups in total. The van der Waals surface area contributed by atoms with Crippen molar-refractivity contribution in [3.63, 3.8) is 0 Å². The zero-order valence-corrected chi connectivity index (χ0v) is 29.5. The molecule has 0 radical (unpaired) electrons. The smallest absolute Gasteiger partial charge is 0.262 e. The first-order chi connectivity index (χ1) is 24.6. The number of anilines is 2. The molecular weight excluding hydrogens is 685 g/mol. The second-order valence-electron chi connectivity index (χ2n) is 12.4. The minimum Gasteiger partial charge on any atom is -0.368 e. The molecule has 1 amide bonds. The summed E-state index contributed by atoms with van der Waals surface area (Å²) in [7, 11) is -6.65. The van der Waals surface area contributed by atoms with Gasteiger partial charge in [-0.25, -0.2) is 16.8 Å². The fourth-order valence-corrected chi connectivity index (χ4v) is 9.33. The highest BCUT2D eigenvalue weighted by atomic mass is 32.2. The van der Waals surface area contributed by atoms with Crippen molar-refractivity contribution < 1.29 is 21.6 Å². The molecule has 260 valence electrons. The number of carbonyl (C=O) groups excluding carboxylic acids is 1.